The van der Waals surface area contributed by atoms with Crippen LogP contribution in [-0.4, -0.2) is 30.4 Å². The third kappa shape index (κ3) is 5.19. The number of nitrogens with zero attached hydrogens (tertiary/aromatic N) is 1. The summed E-state index contributed by atoms with van der Waals surface area (Å²) in [5, 5.41) is 2.08. The Morgan fingerprint density at radius 1 is 1.44 bits per heavy atom. The van der Waals surface area contributed by atoms with Gasteiger partial charge in [-0.3, -0.25) is 4.79 Å². The lowest BCUT2D eigenvalue weighted by Gasteiger charge is -2.24. The van der Waals surface area contributed by atoms with Crippen LogP contribution in [0, 0.1) is 0 Å². The van der Waals surface area contributed by atoms with E-state index in [2.05, 4.69) is 24.4 Å². The Kier molecular flexibility index (Phi) is 6.98. The number of amides is 1. The molecule has 3 nitrogen and oxygen atoms in total. The molecule has 1 heterocycles. The number of hydrogen-bond donors (Lipinski definition) is 1. The van der Waals surface area contributed by atoms with Crippen LogP contribution in [0.15, 0.2) is 17.5 Å². The van der Waals surface area contributed by atoms with Crippen molar-refractivity contribution in [2.24, 2.45) is 5.73 Å². The minimum Gasteiger partial charge on any atom is -0.343 e. The van der Waals surface area contributed by atoms with Crippen LogP contribution in [-0.2, 0) is 11.2 Å². The number of thiophene rings is 1. The lowest BCUT2D eigenvalue weighted by Crippen LogP contribution is -2.36. The maximum Gasteiger partial charge on any atom is 0.222 e. The van der Waals surface area contributed by atoms with Crippen molar-refractivity contribution < 1.29 is 4.79 Å². The van der Waals surface area contributed by atoms with E-state index >= 15 is 0 Å². The highest BCUT2D eigenvalue weighted by Gasteiger charge is 2.15. The van der Waals surface area contributed by atoms with E-state index in [9.17, 15) is 4.79 Å². The monoisotopic (exact) mass is 268 g/mol. The molecular formula is C14H24N2OS. The molecule has 18 heavy (non-hydrogen) atoms. The predicted octanol–water partition coefficient (Wildman–Crippen LogP) is 2.66. The Bertz CT molecular complexity index is 338. The summed E-state index contributed by atoms with van der Waals surface area (Å²) in [5.41, 5.74) is 5.43. The first-order valence-electron chi connectivity index (χ1n) is 6.63. The Hall–Kier alpha value is -0.870. The fraction of sp³-hybridized carbons (Fsp3) is 0.643. The molecule has 1 amide bonds. The van der Waals surface area contributed by atoms with E-state index in [-0.39, 0.29) is 11.9 Å². The van der Waals surface area contributed by atoms with Crippen molar-refractivity contribution in [3.05, 3.63) is 22.4 Å². The van der Waals surface area contributed by atoms with E-state index in [4.69, 9.17) is 5.73 Å². The van der Waals surface area contributed by atoms with Gasteiger partial charge in [0.05, 0.1) is 0 Å². The molecule has 2 N–H and O–H groups in total. The molecule has 0 saturated carbocycles. The quantitative estimate of drug-likeness (QED) is 0.737. The van der Waals surface area contributed by atoms with E-state index in [1.807, 2.05) is 11.9 Å². The fourth-order valence-corrected chi connectivity index (χ4v) is 2.70. The summed E-state index contributed by atoms with van der Waals surface area (Å²) >= 11 is 1.75. The highest BCUT2D eigenvalue weighted by molar-refractivity contribution is 7.09. The van der Waals surface area contributed by atoms with Crippen molar-refractivity contribution in [3.8, 4) is 0 Å². The Morgan fingerprint density at radius 2 is 2.22 bits per heavy atom. The van der Waals surface area contributed by atoms with Crippen LogP contribution in [0.3, 0.4) is 0 Å². The number of carbonyl (C=O) groups excluding carboxylic acids is 1. The second kappa shape index (κ2) is 8.27. The number of likely N-dealkylation sites (N-methyl/N-ethyl adjacent to an activating group) is 1. The summed E-state index contributed by atoms with van der Waals surface area (Å²) in [6, 6.07) is 4.45. The molecule has 1 rings (SSSR count). The molecule has 4 heteroatoms. The number of carbonyl (C=O) groups is 1. The van der Waals surface area contributed by atoms with E-state index in [1.165, 1.54) is 4.88 Å². The molecule has 0 aliphatic heterocycles. The van der Waals surface area contributed by atoms with Gasteiger partial charge in [0.15, 0.2) is 0 Å². The minimum absolute atomic E-state index is 0.246. The van der Waals surface area contributed by atoms with Gasteiger partial charge in [0, 0.05) is 30.8 Å². The van der Waals surface area contributed by atoms with E-state index in [1.54, 1.807) is 11.3 Å². The zero-order chi connectivity index (χ0) is 13.4. The van der Waals surface area contributed by atoms with E-state index in [0.717, 1.165) is 32.2 Å². The van der Waals surface area contributed by atoms with Gasteiger partial charge >= 0.3 is 0 Å². The van der Waals surface area contributed by atoms with Crippen molar-refractivity contribution in [1.82, 2.24) is 4.90 Å². The van der Waals surface area contributed by atoms with Crippen molar-refractivity contribution in [2.45, 2.75) is 45.1 Å². The summed E-state index contributed by atoms with van der Waals surface area (Å²) in [5.74, 6) is 0.246. The summed E-state index contributed by atoms with van der Waals surface area (Å²) < 4.78 is 0. The number of nitrogens with two attached hydrogens (primary N) is 1. The normalized spacial score (nSPS) is 12.4. The first kappa shape index (κ1) is 15.2. The topological polar surface area (TPSA) is 46.3 Å². The van der Waals surface area contributed by atoms with Crippen molar-refractivity contribution in [2.75, 3.05) is 13.6 Å². The largest absolute Gasteiger partial charge is 0.343 e. The summed E-state index contributed by atoms with van der Waals surface area (Å²) in [6.45, 7) is 2.83. The standard InChI is InChI=1S/C14H24N2OS/c1-12(11-13-7-6-10-18-13)16(2)14(17)8-4-3-5-9-15/h6-7,10,12H,3-5,8-9,11,15H2,1-2H3. The van der Waals surface area contributed by atoms with Gasteiger partial charge in [-0.15, -0.1) is 11.3 Å². The highest BCUT2D eigenvalue weighted by atomic mass is 32.1. The Labute approximate surface area is 114 Å². The molecule has 102 valence electrons. The molecule has 0 radical (unpaired) electrons. The Morgan fingerprint density at radius 3 is 2.83 bits per heavy atom. The zero-order valence-electron chi connectivity index (χ0n) is 11.4. The van der Waals surface area contributed by atoms with Gasteiger partial charge in [-0.25, -0.2) is 0 Å². The van der Waals surface area contributed by atoms with E-state index in [0.29, 0.717) is 6.42 Å². The molecule has 0 aliphatic carbocycles. The molecule has 0 spiro atoms. The minimum atomic E-state index is 0.246. The lowest BCUT2D eigenvalue weighted by molar-refractivity contribution is -0.131. The third-order valence-electron chi connectivity index (χ3n) is 3.23. The van der Waals surface area contributed by atoms with Crippen molar-refractivity contribution in [3.63, 3.8) is 0 Å². The van der Waals surface area contributed by atoms with Crippen LogP contribution in [0.2, 0.25) is 0 Å². The van der Waals surface area contributed by atoms with Crippen molar-refractivity contribution >= 4 is 17.2 Å². The summed E-state index contributed by atoms with van der Waals surface area (Å²) in [6.07, 6.45) is 4.61. The first-order valence-corrected chi connectivity index (χ1v) is 7.51. The van der Waals surface area contributed by atoms with Crippen LogP contribution in [0.5, 0.6) is 0 Å². The van der Waals surface area contributed by atoms with Gasteiger partial charge < -0.3 is 10.6 Å². The second-order valence-electron chi connectivity index (χ2n) is 4.74. The number of unbranched alkanes of at least 4 members (excludes halogenated alkanes) is 2. The zero-order valence-corrected chi connectivity index (χ0v) is 12.2. The smallest absolute Gasteiger partial charge is 0.222 e. The molecule has 1 unspecified atom stereocenters. The predicted molar refractivity (Wildman–Crippen MR) is 77.8 cm³/mol. The molecule has 1 atom stereocenters. The molecule has 0 aliphatic rings. The Balaban J connectivity index is 2.29. The van der Waals surface area contributed by atoms with Crippen LogP contribution in [0.4, 0.5) is 0 Å². The van der Waals surface area contributed by atoms with Crippen LogP contribution >= 0.6 is 11.3 Å². The second-order valence-corrected chi connectivity index (χ2v) is 5.77. The molecule has 1 aromatic rings. The van der Waals surface area contributed by atoms with Gasteiger partial charge in [-0.1, -0.05) is 12.5 Å². The third-order valence-corrected chi connectivity index (χ3v) is 4.12. The number of hydrogen-bond acceptors (Lipinski definition) is 3. The first-order chi connectivity index (χ1) is 8.65. The van der Waals surface area contributed by atoms with Gasteiger partial charge in [0.25, 0.3) is 0 Å². The molecule has 0 fully saturated rings. The molecule has 0 bridgehead atoms. The van der Waals surface area contributed by atoms with Gasteiger partial charge in [-0.2, -0.15) is 0 Å². The van der Waals surface area contributed by atoms with Crippen LogP contribution in [0.25, 0.3) is 0 Å². The SMILES string of the molecule is CC(Cc1cccs1)N(C)C(=O)CCCCCN. The van der Waals surface area contributed by atoms with Gasteiger partial charge in [0.2, 0.25) is 5.91 Å². The molecule has 0 saturated heterocycles. The fourth-order valence-electron chi connectivity index (χ4n) is 1.88. The lowest BCUT2D eigenvalue weighted by atomic mass is 10.1. The van der Waals surface area contributed by atoms with E-state index < -0.39 is 0 Å². The number of rotatable bonds is 8. The van der Waals surface area contributed by atoms with Gasteiger partial charge in [0.1, 0.15) is 0 Å². The van der Waals surface area contributed by atoms with Crippen molar-refractivity contribution in [1.29, 1.82) is 0 Å². The van der Waals surface area contributed by atoms with Gasteiger partial charge in [-0.05, 0) is 37.8 Å². The average molecular weight is 268 g/mol. The summed E-state index contributed by atoms with van der Waals surface area (Å²) in [4.78, 5) is 15.2. The summed E-state index contributed by atoms with van der Waals surface area (Å²) in [7, 11) is 1.91. The molecular weight excluding hydrogens is 244 g/mol. The average Bonchev–Trinajstić information content (AvgIpc) is 2.86. The molecule has 1 aromatic heterocycles. The highest BCUT2D eigenvalue weighted by Crippen LogP contribution is 2.14. The molecule has 0 aromatic carbocycles. The maximum absolute atomic E-state index is 12.0. The maximum atomic E-state index is 12.0. The van der Waals surface area contributed by atoms with Crippen LogP contribution in [0.1, 0.15) is 37.5 Å². The van der Waals surface area contributed by atoms with Crippen LogP contribution < -0.4 is 5.73 Å².